The molecule has 0 aliphatic rings. The number of anilines is 1. The zero-order valence-corrected chi connectivity index (χ0v) is 15.5. The number of benzene rings is 3. The second-order valence-electron chi connectivity index (χ2n) is 6.35. The van der Waals surface area contributed by atoms with Crippen molar-refractivity contribution in [2.24, 2.45) is 0 Å². The van der Waals surface area contributed by atoms with Gasteiger partial charge in [0.1, 0.15) is 0 Å². The van der Waals surface area contributed by atoms with Gasteiger partial charge in [0.2, 0.25) is 0 Å². The second-order valence-corrected chi connectivity index (χ2v) is 6.79. The maximum absolute atomic E-state index is 6.09. The molecule has 1 heterocycles. The van der Waals surface area contributed by atoms with Crippen LogP contribution >= 0.6 is 11.6 Å². The van der Waals surface area contributed by atoms with Crippen molar-refractivity contribution < 1.29 is 0 Å². The molecule has 0 spiro atoms. The van der Waals surface area contributed by atoms with Crippen LogP contribution in [0.1, 0.15) is 17.2 Å². The van der Waals surface area contributed by atoms with Gasteiger partial charge in [0.05, 0.1) is 6.04 Å². The van der Waals surface area contributed by atoms with Gasteiger partial charge >= 0.3 is 0 Å². The molecule has 1 unspecified atom stereocenters. The molecule has 132 valence electrons. The van der Waals surface area contributed by atoms with Crippen molar-refractivity contribution in [2.45, 2.75) is 6.04 Å². The van der Waals surface area contributed by atoms with E-state index in [9.17, 15) is 0 Å². The van der Waals surface area contributed by atoms with Crippen LogP contribution in [0.25, 0.3) is 11.1 Å². The van der Waals surface area contributed by atoms with Gasteiger partial charge in [-0.2, -0.15) is 0 Å². The topological polar surface area (TPSA) is 24.9 Å². The fourth-order valence-corrected chi connectivity index (χ4v) is 3.25. The number of halogens is 1. The smallest absolute Gasteiger partial charge is 0.0767 e. The summed E-state index contributed by atoms with van der Waals surface area (Å²) in [7, 11) is 0. The van der Waals surface area contributed by atoms with Crippen LogP contribution in [0.4, 0.5) is 5.69 Å². The highest BCUT2D eigenvalue weighted by Crippen LogP contribution is 2.29. The molecule has 3 heteroatoms. The Hall–Kier alpha value is -3.10. The molecular formula is C24H19ClN2. The van der Waals surface area contributed by atoms with Crippen molar-refractivity contribution >= 4 is 17.3 Å². The molecule has 4 aromatic rings. The van der Waals surface area contributed by atoms with Crippen LogP contribution < -0.4 is 5.32 Å². The number of rotatable bonds is 5. The molecule has 27 heavy (non-hydrogen) atoms. The number of nitrogens with zero attached hydrogens (tertiary/aromatic N) is 1. The summed E-state index contributed by atoms with van der Waals surface area (Å²) in [5.74, 6) is 0. The van der Waals surface area contributed by atoms with Crippen LogP contribution in [-0.4, -0.2) is 4.98 Å². The lowest BCUT2D eigenvalue weighted by atomic mass is 9.96. The predicted octanol–water partition coefficient (Wildman–Crippen LogP) is 6.60. The Morgan fingerprint density at radius 2 is 1.19 bits per heavy atom. The second kappa shape index (κ2) is 8.07. The normalized spacial score (nSPS) is 11.7. The maximum Gasteiger partial charge on any atom is 0.0767 e. The molecule has 0 bridgehead atoms. The Bertz CT molecular complexity index is 982. The van der Waals surface area contributed by atoms with Crippen molar-refractivity contribution in [3.05, 3.63) is 120 Å². The van der Waals surface area contributed by atoms with Gasteiger partial charge in [0.15, 0.2) is 0 Å². The Morgan fingerprint density at radius 1 is 0.630 bits per heavy atom. The third-order valence-corrected chi connectivity index (χ3v) is 4.80. The highest BCUT2D eigenvalue weighted by Gasteiger charge is 2.14. The fraction of sp³-hybridized carbons (Fsp3) is 0.0417. The van der Waals surface area contributed by atoms with Crippen LogP contribution in [0.15, 0.2) is 103 Å². The average Bonchev–Trinajstić information content (AvgIpc) is 2.74. The summed E-state index contributed by atoms with van der Waals surface area (Å²) in [4.78, 5) is 4.09. The van der Waals surface area contributed by atoms with Gasteiger partial charge in [0.25, 0.3) is 0 Å². The van der Waals surface area contributed by atoms with Gasteiger partial charge < -0.3 is 5.32 Å². The Kier molecular flexibility index (Phi) is 5.17. The molecular weight excluding hydrogens is 352 g/mol. The third-order valence-electron chi connectivity index (χ3n) is 4.55. The highest BCUT2D eigenvalue weighted by molar-refractivity contribution is 6.30. The molecule has 0 saturated carbocycles. The van der Waals surface area contributed by atoms with Gasteiger partial charge in [0, 0.05) is 23.1 Å². The quantitative estimate of drug-likeness (QED) is 0.428. The van der Waals surface area contributed by atoms with E-state index in [4.69, 9.17) is 11.6 Å². The lowest BCUT2D eigenvalue weighted by Crippen LogP contribution is -2.12. The van der Waals surface area contributed by atoms with Crippen LogP contribution in [0, 0.1) is 0 Å². The van der Waals surface area contributed by atoms with E-state index >= 15 is 0 Å². The highest BCUT2D eigenvalue weighted by atomic mass is 35.5. The minimum absolute atomic E-state index is 0.0381. The lowest BCUT2D eigenvalue weighted by Gasteiger charge is -2.21. The average molecular weight is 371 g/mol. The monoisotopic (exact) mass is 370 g/mol. The zero-order valence-electron chi connectivity index (χ0n) is 14.7. The molecule has 0 radical (unpaired) electrons. The van der Waals surface area contributed by atoms with Crippen molar-refractivity contribution in [2.75, 3.05) is 5.32 Å². The summed E-state index contributed by atoms with van der Waals surface area (Å²) in [5, 5.41) is 4.38. The number of para-hydroxylation sites is 1. The largest absolute Gasteiger partial charge is 0.374 e. The molecule has 0 saturated heterocycles. The summed E-state index contributed by atoms with van der Waals surface area (Å²) < 4.78 is 0. The minimum atomic E-state index is 0.0381. The first kappa shape index (κ1) is 17.3. The Balaban J connectivity index is 1.68. The van der Waals surface area contributed by atoms with Gasteiger partial charge in [-0.25, -0.2) is 0 Å². The van der Waals surface area contributed by atoms with Gasteiger partial charge in [-0.3, -0.25) is 4.98 Å². The van der Waals surface area contributed by atoms with E-state index in [-0.39, 0.29) is 6.04 Å². The summed E-state index contributed by atoms with van der Waals surface area (Å²) in [6.45, 7) is 0. The molecule has 0 fully saturated rings. The molecule has 2 nitrogen and oxygen atoms in total. The number of nitrogens with one attached hydrogen (secondary N) is 1. The van der Waals surface area contributed by atoms with Crippen molar-refractivity contribution in [1.82, 2.24) is 4.98 Å². The SMILES string of the molecule is Clc1ccc(C(Nc2ccccc2)c2ccc(-c3ccncc3)cc2)cc1. The van der Waals surface area contributed by atoms with E-state index in [2.05, 4.69) is 58.8 Å². The van der Waals surface area contributed by atoms with E-state index < -0.39 is 0 Å². The minimum Gasteiger partial charge on any atom is -0.374 e. The number of hydrogen-bond acceptors (Lipinski definition) is 2. The van der Waals surface area contributed by atoms with Crippen LogP contribution in [0.5, 0.6) is 0 Å². The van der Waals surface area contributed by atoms with Gasteiger partial charge in [-0.05, 0) is 58.7 Å². The molecule has 3 aromatic carbocycles. The zero-order chi connectivity index (χ0) is 18.5. The summed E-state index contributed by atoms with van der Waals surface area (Å²) in [5.41, 5.74) is 5.78. The molecule has 0 aliphatic carbocycles. The van der Waals surface area contributed by atoms with Crippen LogP contribution in [0.2, 0.25) is 5.02 Å². The molecule has 4 rings (SSSR count). The maximum atomic E-state index is 6.09. The van der Waals surface area contributed by atoms with E-state index in [0.717, 1.165) is 16.3 Å². The standard InChI is InChI=1S/C24H19ClN2/c25-22-12-10-21(11-13-22)24(27-23-4-2-1-3-5-23)20-8-6-18(7-9-20)19-14-16-26-17-15-19/h1-17,24,27H. The molecule has 1 N–H and O–H groups in total. The predicted molar refractivity (Wildman–Crippen MR) is 113 cm³/mol. The number of aromatic nitrogens is 1. The van der Waals surface area contributed by atoms with E-state index in [0.29, 0.717) is 0 Å². The molecule has 0 aliphatic heterocycles. The first-order valence-electron chi connectivity index (χ1n) is 8.87. The molecule has 0 amide bonds. The lowest BCUT2D eigenvalue weighted by molar-refractivity contribution is 0.940. The van der Waals surface area contributed by atoms with Crippen molar-refractivity contribution in [3.8, 4) is 11.1 Å². The first-order chi connectivity index (χ1) is 13.3. The van der Waals surface area contributed by atoms with Gasteiger partial charge in [-0.1, -0.05) is 66.2 Å². The van der Waals surface area contributed by atoms with Crippen LogP contribution in [-0.2, 0) is 0 Å². The first-order valence-corrected chi connectivity index (χ1v) is 9.25. The number of hydrogen-bond donors (Lipinski definition) is 1. The Labute approximate surface area is 164 Å². The van der Waals surface area contributed by atoms with E-state index in [1.54, 1.807) is 0 Å². The van der Waals surface area contributed by atoms with Crippen LogP contribution in [0.3, 0.4) is 0 Å². The van der Waals surface area contributed by atoms with E-state index in [1.165, 1.54) is 16.7 Å². The van der Waals surface area contributed by atoms with Gasteiger partial charge in [-0.15, -0.1) is 0 Å². The number of pyridine rings is 1. The van der Waals surface area contributed by atoms with E-state index in [1.807, 2.05) is 54.9 Å². The Morgan fingerprint density at radius 3 is 1.81 bits per heavy atom. The summed E-state index contributed by atoms with van der Waals surface area (Å²) >= 11 is 6.09. The summed E-state index contributed by atoms with van der Waals surface area (Å²) in [6.07, 6.45) is 3.63. The van der Waals surface area contributed by atoms with Crippen molar-refractivity contribution in [3.63, 3.8) is 0 Å². The third kappa shape index (κ3) is 4.18. The van der Waals surface area contributed by atoms with Crippen molar-refractivity contribution in [1.29, 1.82) is 0 Å². The fourth-order valence-electron chi connectivity index (χ4n) is 3.13. The molecule has 1 aromatic heterocycles. The summed E-state index contributed by atoms with van der Waals surface area (Å²) in [6, 6.07) is 31.0. The molecule has 1 atom stereocenters.